The Bertz CT molecular complexity index is 2140. The van der Waals surface area contributed by atoms with E-state index in [0.717, 1.165) is 31.4 Å². The van der Waals surface area contributed by atoms with Crippen LogP contribution in [0.3, 0.4) is 0 Å². The molecule has 1 aliphatic carbocycles. The molecule has 5 heteroatoms. The summed E-state index contributed by atoms with van der Waals surface area (Å²) in [5.41, 5.74) is -0.571. The van der Waals surface area contributed by atoms with Crippen molar-refractivity contribution >= 4 is 16.8 Å². The third-order valence-corrected chi connectivity index (χ3v) is 5.65. The van der Waals surface area contributed by atoms with Crippen LogP contribution in [0.4, 0.5) is 0 Å². The van der Waals surface area contributed by atoms with Crippen LogP contribution >= 0.6 is 0 Å². The third kappa shape index (κ3) is 9.22. The molecule has 0 atom stereocenters. The van der Waals surface area contributed by atoms with Crippen LogP contribution < -0.4 is 0 Å². The van der Waals surface area contributed by atoms with Gasteiger partial charge in [0, 0.05) is 35.9 Å². The summed E-state index contributed by atoms with van der Waals surface area (Å²) in [4.78, 5) is 7.91. The Morgan fingerprint density at radius 2 is 2.02 bits per heavy atom. The van der Waals surface area contributed by atoms with Gasteiger partial charge in [0.25, 0.3) is 0 Å². The minimum absolute atomic E-state index is 0. The van der Waals surface area contributed by atoms with Crippen LogP contribution in [-0.2, 0) is 20.1 Å². The van der Waals surface area contributed by atoms with Crippen LogP contribution in [0.15, 0.2) is 108 Å². The molecular formula is C35H34IrN3O. The normalized spacial score (nSPS) is 19.5. The van der Waals surface area contributed by atoms with Crippen molar-refractivity contribution < 1.29 is 43.7 Å². The third-order valence-electron chi connectivity index (χ3n) is 5.65. The summed E-state index contributed by atoms with van der Waals surface area (Å²) in [5.74, 6) is -1.07. The summed E-state index contributed by atoms with van der Waals surface area (Å²) < 4.78 is 114. The fraction of sp³-hybridized carbons (Fsp3) is 0.229. The van der Waals surface area contributed by atoms with Crippen molar-refractivity contribution in [2.24, 2.45) is 0 Å². The van der Waals surface area contributed by atoms with E-state index < -0.39 is 43.6 Å². The van der Waals surface area contributed by atoms with Crippen molar-refractivity contribution in [1.82, 2.24) is 9.97 Å². The molecule has 0 N–H and O–H groups in total. The molecule has 1 aromatic carbocycles. The topological polar surface area (TPSA) is 61.2 Å². The van der Waals surface area contributed by atoms with E-state index in [4.69, 9.17) is 23.6 Å². The second-order valence-electron chi connectivity index (χ2n) is 8.52. The molecule has 0 saturated heterocycles. The molecule has 0 bridgehead atoms. The molecule has 0 radical (unpaired) electrons. The fourth-order valence-electron chi connectivity index (χ4n) is 3.70. The molecular weight excluding hydrogens is 671 g/mol. The van der Waals surface area contributed by atoms with Crippen LogP contribution in [0, 0.1) is 19.0 Å². The fourth-order valence-corrected chi connectivity index (χ4v) is 3.70. The molecule has 3 heterocycles. The van der Waals surface area contributed by atoms with Crippen molar-refractivity contribution in [3.8, 4) is 11.3 Å². The number of hydrogen-bond acceptors (Lipinski definition) is 3. The Kier molecular flexibility index (Phi) is 6.55. The van der Waals surface area contributed by atoms with Gasteiger partial charge < -0.3 is 14.8 Å². The quantitative estimate of drug-likeness (QED) is 0.118. The maximum Gasteiger partial charge on any atom is 3.00 e. The van der Waals surface area contributed by atoms with E-state index in [1.807, 2.05) is 0 Å². The summed E-state index contributed by atoms with van der Waals surface area (Å²) in [6.45, 7) is -1.38. The first-order valence-electron chi connectivity index (χ1n) is 19.2. The Morgan fingerprint density at radius 1 is 1.15 bits per heavy atom. The molecule has 0 unspecified atom stereocenters. The minimum Gasteiger partial charge on any atom is -0.855 e. The van der Waals surface area contributed by atoms with Gasteiger partial charge in [-0.15, -0.1) is 54.0 Å². The standard InChI is InChI=1S/C18H21N.C17H13N2O.Ir/c1-14(2)8-13-18(19)17-11-9-16(10-12-17)15-6-4-3-5-7-15;1-13-9-10-14-6-2-3-7-15(12-20-17(14)19-13)16-8-4-5-11-18-16;/h8-11,13,15H,1,3-7H2,2H3;2-6,8-12H,1H3;/q-2;-1;+3/b13-8-;;/i2D3,9D,10D,11D,15D;1D3,4D,5D,8D,11D;. The van der Waals surface area contributed by atoms with Gasteiger partial charge in [0.15, 0.2) is 0 Å². The zero-order valence-electron chi connectivity index (χ0n) is 35.4. The van der Waals surface area contributed by atoms with E-state index in [1.165, 1.54) is 18.4 Å². The van der Waals surface area contributed by atoms with Crippen LogP contribution in [0.2, 0.25) is 0 Å². The molecule has 204 valence electrons. The Hall–Kier alpha value is -3.66. The average molecular weight is 719 g/mol. The van der Waals surface area contributed by atoms with Gasteiger partial charge in [-0.2, -0.15) is 5.56 Å². The van der Waals surface area contributed by atoms with E-state index in [9.17, 15) is 5.41 Å². The number of benzene rings is 1. The van der Waals surface area contributed by atoms with E-state index in [0.29, 0.717) is 18.2 Å². The Labute approximate surface area is 271 Å². The molecule has 3 aromatic heterocycles. The largest absolute Gasteiger partial charge is 3.00 e. The van der Waals surface area contributed by atoms with Gasteiger partial charge in [-0.25, -0.2) is 10.7 Å². The Morgan fingerprint density at radius 3 is 2.85 bits per heavy atom. The number of allylic oxidation sites excluding steroid dienone is 3. The molecule has 1 fully saturated rings. The van der Waals surface area contributed by atoms with Gasteiger partial charge in [-0.05, 0) is 38.9 Å². The first-order chi connectivity index (χ1) is 24.7. The van der Waals surface area contributed by atoms with Crippen molar-refractivity contribution in [3.63, 3.8) is 0 Å². The average Bonchev–Trinajstić information content (AvgIpc) is 3.19. The number of hydrogen-bond donors (Lipinski definition) is 0. The van der Waals surface area contributed by atoms with Crippen molar-refractivity contribution in [2.45, 2.75) is 51.7 Å². The van der Waals surface area contributed by atoms with Crippen molar-refractivity contribution in [1.29, 1.82) is 0 Å². The molecule has 4 aromatic rings. The molecule has 0 aliphatic heterocycles. The summed E-state index contributed by atoms with van der Waals surface area (Å²) in [5, 5.41) is 10.7. The van der Waals surface area contributed by atoms with E-state index >= 15 is 0 Å². The summed E-state index contributed by atoms with van der Waals surface area (Å²) >= 11 is 0. The summed E-state index contributed by atoms with van der Waals surface area (Å²) in [6.07, 6.45) is 6.70. The number of nitrogens with zero attached hydrogens (tertiary/aromatic N) is 3. The van der Waals surface area contributed by atoms with Crippen molar-refractivity contribution in [3.05, 3.63) is 138 Å². The van der Waals surface area contributed by atoms with Gasteiger partial charge in [-0.3, -0.25) is 0 Å². The van der Waals surface area contributed by atoms with Crippen LogP contribution in [0.1, 0.15) is 80.9 Å². The van der Waals surface area contributed by atoms with Gasteiger partial charge in [0.1, 0.15) is 0 Å². The molecule has 4 nitrogen and oxygen atoms in total. The summed E-state index contributed by atoms with van der Waals surface area (Å²) in [6, 6.07) is 11.3. The summed E-state index contributed by atoms with van der Waals surface area (Å²) in [7, 11) is 0. The van der Waals surface area contributed by atoms with E-state index in [1.54, 1.807) is 18.2 Å². The molecule has 5 rings (SSSR count). The van der Waals surface area contributed by atoms with E-state index in [-0.39, 0.29) is 83.6 Å². The number of aryl methyl sites for hydroxylation is 1. The smallest absolute Gasteiger partial charge is 0.855 e. The number of pyridine rings is 2. The molecule has 40 heavy (non-hydrogen) atoms. The maximum absolute atomic E-state index is 10.2. The number of rotatable bonds is 5. The minimum atomic E-state index is -2.39. The van der Waals surface area contributed by atoms with Gasteiger partial charge in [0.2, 0.25) is 5.71 Å². The van der Waals surface area contributed by atoms with E-state index in [2.05, 4.69) is 28.7 Å². The van der Waals surface area contributed by atoms with Gasteiger partial charge >= 0.3 is 20.1 Å². The maximum atomic E-state index is 10.2. The monoisotopic (exact) mass is 719 g/mol. The predicted molar refractivity (Wildman–Crippen MR) is 161 cm³/mol. The predicted octanol–water partition coefficient (Wildman–Crippen LogP) is 9.15. The second kappa shape index (κ2) is 15.8. The van der Waals surface area contributed by atoms with Crippen LogP contribution in [-0.4, -0.2) is 15.7 Å². The molecule has 1 aliphatic rings. The molecule has 0 spiro atoms. The number of aromatic nitrogens is 2. The van der Waals surface area contributed by atoms with Crippen molar-refractivity contribution in [2.75, 3.05) is 0 Å². The first-order valence-corrected chi connectivity index (χ1v) is 12.2. The second-order valence-corrected chi connectivity index (χ2v) is 8.52. The zero-order chi connectivity index (χ0) is 39.5. The zero-order valence-corrected chi connectivity index (χ0v) is 23.8. The Balaban J connectivity index is 0.000000285. The SMILES string of the molecule is [2H]c1[c-]c(C(=[N-])/C=C\C(=C)C([2H])([2H])[2H])c([2H])c([2H])c1C1([2H])CCCCC1.[2H]c1nc(-c2[c-]cccc3ccc(C([2H])([2H])[2H])nc3oc2)c([2H])c([2H])c1[2H].[Ir+3]. The molecule has 1 saturated carbocycles. The number of fused-ring (bicyclic) bond motifs is 1. The van der Waals surface area contributed by atoms with Gasteiger partial charge in [-0.1, -0.05) is 79.9 Å². The molecule has 0 amide bonds. The van der Waals surface area contributed by atoms with Crippen LogP contribution in [0.5, 0.6) is 0 Å². The first kappa shape index (κ1) is 16.6. The van der Waals surface area contributed by atoms with Crippen LogP contribution in [0.25, 0.3) is 27.8 Å². The van der Waals surface area contributed by atoms with Gasteiger partial charge in [0.05, 0.1) is 5.48 Å².